The van der Waals surface area contributed by atoms with Crippen molar-refractivity contribution in [2.45, 2.75) is 12.5 Å². The molecule has 1 aromatic heterocycles. The van der Waals surface area contributed by atoms with Crippen molar-refractivity contribution in [2.24, 2.45) is 0 Å². The van der Waals surface area contributed by atoms with E-state index in [4.69, 9.17) is 0 Å². The Bertz CT molecular complexity index is 311. The van der Waals surface area contributed by atoms with E-state index < -0.39 is 0 Å². The quantitative estimate of drug-likeness (QED) is 0.552. The smallest absolute Gasteiger partial charge is 0.255 e. The summed E-state index contributed by atoms with van der Waals surface area (Å²) in [5.41, 5.74) is 5.16. The average molecular weight is 193 g/mol. The molecule has 1 amide bonds. The van der Waals surface area contributed by atoms with Gasteiger partial charge in [0.2, 0.25) is 5.95 Å². The summed E-state index contributed by atoms with van der Waals surface area (Å²) >= 11 is 0. The normalized spacial score (nSPS) is 19.6. The predicted molar refractivity (Wildman–Crippen MR) is 50.2 cm³/mol. The molecule has 0 saturated carbocycles. The van der Waals surface area contributed by atoms with E-state index in [0.29, 0.717) is 5.95 Å². The van der Waals surface area contributed by atoms with Crippen molar-refractivity contribution in [3.8, 4) is 0 Å². The third-order valence-electron chi connectivity index (χ3n) is 2.00. The molecule has 1 fully saturated rings. The van der Waals surface area contributed by atoms with Gasteiger partial charge in [0.25, 0.3) is 5.91 Å². The molecule has 0 unspecified atom stereocenters. The highest BCUT2D eigenvalue weighted by molar-refractivity contribution is 5.83. The second kappa shape index (κ2) is 4.01. The number of aromatic nitrogens is 2. The lowest BCUT2D eigenvalue weighted by atomic mass is 10.1. The first-order valence-electron chi connectivity index (χ1n) is 4.42. The molecule has 0 aromatic carbocycles. The number of nitrogens with zero attached hydrogens (tertiary/aromatic N) is 2. The van der Waals surface area contributed by atoms with Gasteiger partial charge in [-0.3, -0.25) is 15.6 Å². The highest BCUT2D eigenvalue weighted by Gasteiger charge is 2.24. The number of carbonyl (C=O) groups is 1. The number of anilines is 1. The zero-order valence-corrected chi connectivity index (χ0v) is 7.53. The topological polar surface area (TPSA) is 78.9 Å². The van der Waals surface area contributed by atoms with Crippen molar-refractivity contribution in [1.82, 2.24) is 20.7 Å². The average Bonchev–Trinajstić information content (AvgIpc) is 2.14. The molecule has 0 aliphatic carbocycles. The predicted octanol–water partition coefficient (Wildman–Crippen LogP) is -0.718. The number of carbonyl (C=O) groups excluding carboxylic acids is 1. The Hall–Kier alpha value is -1.69. The molecule has 0 radical (unpaired) electrons. The molecule has 1 aliphatic rings. The molecule has 14 heavy (non-hydrogen) atoms. The summed E-state index contributed by atoms with van der Waals surface area (Å²) in [4.78, 5) is 19.1. The van der Waals surface area contributed by atoms with Gasteiger partial charge < -0.3 is 5.32 Å². The van der Waals surface area contributed by atoms with Gasteiger partial charge in [0.15, 0.2) is 0 Å². The van der Waals surface area contributed by atoms with Gasteiger partial charge in [-0.05, 0) is 19.0 Å². The first kappa shape index (κ1) is 8.89. The Labute approximate surface area is 81.1 Å². The van der Waals surface area contributed by atoms with Crippen molar-refractivity contribution < 1.29 is 4.79 Å². The van der Waals surface area contributed by atoms with E-state index in [0.717, 1.165) is 13.0 Å². The summed E-state index contributed by atoms with van der Waals surface area (Å²) < 4.78 is 0. The number of nitrogens with one attached hydrogen (secondary N) is 3. The summed E-state index contributed by atoms with van der Waals surface area (Å²) in [5, 5.41) is 2.99. The van der Waals surface area contributed by atoms with Crippen LogP contribution in [0.1, 0.15) is 6.42 Å². The Morgan fingerprint density at radius 1 is 1.50 bits per heavy atom. The van der Waals surface area contributed by atoms with E-state index in [9.17, 15) is 4.79 Å². The Balaban J connectivity index is 1.79. The minimum absolute atomic E-state index is 0.0776. The van der Waals surface area contributed by atoms with Crippen LogP contribution in [-0.2, 0) is 4.79 Å². The Morgan fingerprint density at radius 3 is 2.79 bits per heavy atom. The van der Waals surface area contributed by atoms with E-state index >= 15 is 0 Å². The molecule has 6 heteroatoms. The van der Waals surface area contributed by atoms with E-state index in [1.54, 1.807) is 18.5 Å². The Kier molecular flexibility index (Phi) is 2.55. The molecule has 6 nitrogen and oxygen atoms in total. The maximum Gasteiger partial charge on any atom is 0.255 e. The highest BCUT2D eigenvalue weighted by Crippen LogP contribution is 2.01. The molecule has 1 atom stereocenters. The Morgan fingerprint density at radius 2 is 2.21 bits per heavy atom. The lowest BCUT2D eigenvalue weighted by Crippen LogP contribution is -2.54. The van der Waals surface area contributed by atoms with Crippen molar-refractivity contribution in [3.63, 3.8) is 0 Å². The van der Waals surface area contributed by atoms with Gasteiger partial charge in [0.1, 0.15) is 0 Å². The maximum atomic E-state index is 11.3. The van der Waals surface area contributed by atoms with Gasteiger partial charge in [-0.25, -0.2) is 9.97 Å². The van der Waals surface area contributed by atoms with E-state index in [1.165, 1.54) is 0 Å². The number of hydrogen-bond donors (Lipinski definition) is 3. The van der Waals surface area contributed by atoms with Crippen LogP contribution in [0.3, 0.4) is 0 Å². The monoisotopic (exact) mass is 193 g/mol. The minimum Gasteiger partial charge on any atom is -0.306 e. The third-order valence-corrected chi connectivity index (χ3v) is 2.00. The number of rotatable bonds is 3. The van der Waals surface area contributed by atoms with Crippen LogP contribution in [0, 0.1) is 0 Å². The van der Waals surface area contributed by atoms with Crippen LogP contribution in [0.2, 0.25) is 0 Å². The van der Waals surface area contributed by atoms with Crippen LogP contribution in [0.25, 0.3) is 0 Å². The molecule has 0 bridgehead atoms. The van der Waals surface area contributed by atoms with Crippen LogP contribution in [0.5, 0.6) is 0 Å². The summed E-state index contributed by atoms with van der Waals surface area (Å²) in [6, 6.07) is 1.63. The molecular formula is C8H11N5O. The van der Waals surface area contributed by atoms with E-state index in [2.05, 4.69) is 26.1 Å². The number of amides is 1. The first-order chi connectivity index (χ1) is 6.86. The van der Waals surface area contributed by atoms with Crippen LogP contribution in [-0.4, -0.2) is 28.5 Å². The van der Waals surface area contributed by atoms with Gasteiger partial charge >= 0.3 is 0 Å². The van der Waals surface area contributed by atoms with Gasteiger partial charge in [-0.2, -0.15) is 0 Å². The summed E-state index contributed by atoms with van der Waals surface area (Å²) in [5.74, 6) is 0.309. The second-order valence-corrected chi connectivity index (χ2v) is 2.98. The van der Waals surface area contributed by atoms with Crippen LogP contribution >= 0.6 is 0 Å². The van der Waals surface area contributed by atoms with Crippen molar-refractivity contribution >= 4 is 11.9 Å². The molecule has 2 rings (SSSR count). The maximum absolute atomic E-state index is 11.3. The fourth-order valence-electron chi connectivity index (χ4n) is 1.08. The largest absolute Gasteiger partial charge is 0.306 e. The summed E-state index contributed by atoms with van der Waals surface area (Å²) in [6.07, 6.45) is 4.08. The van der Waals surface area contributed by atoms with Gasteiger partial charge in [0.05, 0.1) is 6.04 Å². The summed E-state index contributed by atoms with van der Waals surface area (Å²) in [6.45, 7) is 0.903. The fourth-order valence-corrected chi connectivity index (χ4v) is 1.08. The lowest BCUT2D eigenvalue weighted by molar-refractivity contribution is -0.124. The van der Waals surface area contributed by atoms with Crippen molar-refractivity contribution in [2.75, 3.05) is 12.0 Å². The zero-order valence-electron chi connectivity index (χ0n) is 7.53. The fraction of sp³-hybridized carbons (Fsp3) is 0.375. The molecule has 0 spiro atoms. The molecule has 3 N–H and O–H groups in total. The molecule has 74 valence electrons. The molecule has 1 aliphatic heterocycles. The number of hydrogen-bond acceptors (Lipinski definition) is 5. The van der Waals surface area contributed by atoms with Crippen molar-refractivity contribution in [1.29, 1.82) is 0 Å². The van der Waals surface area contributed by atoms with Crippen molar-refractivity contribution in [3.05, 3.63) is 18.5 Å². The third kappa shape index (κ3) is 1.97. The van der Waals surface area contributed by atoms with Crippen LogP contribution < -0.4 is 16.2 Å². The van der Waals surface area contributed by atoms with E-state index in [-0.39, 0.29) is 11.9 Å². The highest BCUT2D eigenvalue weighted by atomic mass is 16.2. The minimum atomic E-state index is -0.0799. The molecule has 2 heterocycles. The molecule has 1 aromatic rings. The standard InChI is InChI=1S/C8H11N5O/c14-7(6-2-5-9-6)12-13-8-10-3-1-4-11-8/h1,3-4,6,9H,2,5H2,(H,12,14)(H,10,11,13)/t6-/m1/s1. The van der Waals surface area contributed by atoms with Gasteiger partial charge in [-0.1, -0.05) is 0 Å². The molecule has 1 saturated heterocycles. The zero-order chi connectivity index (χ0) is 9.80. The first-order valence-corrected chi connectivity index (χ1v) is 4.42. The number of hydrazine groups is 1. The molecular weight excluding hydrogens is 182 g/mol. The second-order valence-electron chi connectivity index (χ2n) is 2.98. The summed E-state index contributed by atoms with van der Waals surface area (Å²) in [7, 11) is 0. The van der Waals surface area contributed by atoms with Gasteiger partial charge in [0, 0.05) is 12.4 Å². The van der Waals surface area contributed by atoms with Crippen LogP contribution in [0.15, 0.2) is 18.5 Å². The lowest BCUT2D eigenvalue weighted by Gasteiger charge is -2.26. The van der Waals surface area contributed by atoms with E-state index in [1.807, 2.05) is 0 Å². The van der Waals surface area contributed by atoms with Crippen LogP contribution in [0.4, 0.5) is 5.95 Å². The SMILES string of the molecule is O=C(NNc1ncccn1)[C@H]1CCN1. The van der Waals surface area contributed by atoms with Gasteiger partial charge in [-0.15, -0.1) is 0 Å².